The molecule has 0 aliphatic heterocycles. The first-order valence-corrected chi connectivity index (χ1v) is 13.9. The maximum atomic E-state index is 13.9. The predicted molar refractivity (Wildman–Crippen MR) is 161 cm³/mol. The van der Waals surface area contributed by atoms with E-state index in [9.17, 15) is 9.18 Å². The van der Waals surface area contributed by atoms with E-state index in [4.69, 9.17) is 26.8 Å². The summed E-state index contributed by atoms with van der Waals surface area (Å²) in [6.45, 7) is 7.46. The van der Waals surface area contributed by atoms with Gasteiger partial charge in [-0.05, 0) is 64.3 Å². The highest BCUT2D eigenvalue weighted by molar-refractivity contribution is 6.33. The van der Waals surface area contributed by atoms with Gasteiger partial charge in [0.25, 0.3) is 0 Å². The normalized spacial score (nSPS) is 17.1. The number of nitrogens with one attached hydrogen (secondary N) is 2. The Kier molecular flexibility index (Phi) is 7.96. The number of carbonyl (C=O) groups is 1. The van der Waals surface area contributed by atoms with Crippen molar-refractivity contribution in [2.45, 2.75) is 58.2 Å². The molecule has 3 aromatic heterocycles. The van der Waals surface area contributed by atoms with Crippen molar-refractivity contribution in [2.24, 2.45) is 10.7 Å². The number of aryl methyl sites for hydroxylation is 1. The lowest BCUT2D eigenvalue weighted by Crippen LogP contribution is -2.51. The van der Waals surface area contributed by atoms with Gasteiger partial charge in [0.2, 0.25) is 5.88 Å². The number of fused-ring (bicyclic) bond motifs is 1. The molecule has 12 heteroatoms. The molecule has 1 saturated carbocycles. The first-order chi connectivity index (χ1) is 19.9. The van der Waals surface area contributed by atoms with Crippen LogP contribution in [0.15, 0.2) is 53.9 Å². The summed E-state index contributed by atoms with van der Waals surface area (Å²) in [6, 6.07) is 7.77. The number of hydrogen-bond donors (Lipinski definition) is 3. The Morgan fingerprint density at radius 3 is 2.64 bits per heavy atom. The number of pyridine rings is 1. The third-order valence-corrected chi connectivity index (χ3v) is 7.20. The zero-order valence-corrected chi connectivity index (χ0v) is 24.8. The molecule has 1 aromatic carbocycles. The molecule has 220 valence electrons. The molecule has 4 aromatic rings. The van der Waals surface area contributed by atoms with Crippen molar-refractivity contribution >= 4 is 40.4 Å². The lowest BCUT2D eigenvalue weighted by molar-refractivity contribution is 0.0475. The number of amidine groups is 1. The van der Waals surface area contributed by atoms with Crippen LogP contribution in [0.3, 0.4) is 0 Å². The SMILES string of the molecule is COc1cc(C)c(-c2cc3c(N[C@H]4C[C@@H](NC(=O)OC(C)(C)C)C4)c(C(N)=Nc4cc(F)ccc4Cl)cnn3c2)cn1. The molecule has 0 spiro atoms. The van der Waals surface area contributed by atoms with Crippen molar-refractivity contribution in [1.82, 2.24) is 19.9 Å². The second-order valence-electron chi connectivity index (χ2n) is 11.3. The van der Waals surface area contributed by atoms with Crippen LogP contribution in [0.5, 0.6) is 5.88 Å². The molecule has 1 aliphatic carbocycles. The molecule has 0 bridgehead atoms. The van der Waals surface area contributed by atoms with E-state index in [-0.39, 0.29) is 28.6 Å². The maximum absolute atomic E-state index is 13.9. The molecule has 0 radical (unpaired) electrons. The molecule has 1 aliphatic rings. The largest absolute Gasteiger partial charge is 0.481 e. The van der Waals surface area contributed by atoms with Crippen molar-refractivity contribution in [2.75, 3.05) is 12.4 Å². The van der Waals surface area contributed by atoms with Crippen LogP contribution in [-0.4, -0.2) is 51.3 Å². The number of halogens is 2. The quantitative estimate of drug-likeness (QED) is 0.177. The molecule has 5 rings (SSSR count). The smallest absolute Gasteiger partial charge is 0.407 e. The third-order valence-electron chi connectivity index (χ3n) is 6.88. The Labute approximate surface area is 248 Å². The van der Waals surface area contributed by atoms with Crippen LogP contribution < -0.4 is 21.1 Å². The van der Waals surface area contributed by atoms with Crippen LogP contribution >= 0.6 is 11.6 Å². The highest BCUT2D eigenvalue weighted by Crippen LogP contribution is 2.34. The standard InChI is InChI=1S/C30H33ClFN7O3/c1-16-8-26(41-5)34-13-21(16)17-9-25-27(36-19-11-20(12-19)37-29(40)42-30(2,3)4)22(14-35-39(25)15-17)28(33)38-24-10-18(32)6-7-23(24)31/h6-10,13-15,19-20,36H,11-12H2,1-5H3,(H2,33,38)(H,37,40)/t19-,20+. The van der Waals surface area contributed by atoms with Crippen LogP contribution in [0.4, 0.5) is 20.6 Å². The van der Waals surface area contributed by atoms with Crippen LogP contribution in [0.1, 0.15) is 44.7 Å². The number of ether oxygens (including phenoxy) is 2. The number of anilines is 1. The average molecular weight is 594 g/mol. The van der Waals surface area contributed by atoms with Gasteiger partial charge in [-0.25, -0.2) is 23.7 Å². The van der Waals surface area contributed by atoms with Crippen molar-refractivity contribution < 1.29 is 18.7 Å². The summed E-state index contributed by atoms with van der Waals surface area (Å²) in [5, 5.41) is 11.3. The summed E-state index contributed by atoms with van der Waals surface area (Å²) in [5.41, 5.74) is 10.9. The average Bonchev–Trinajstić information content (AvgIpc) is 3.32. The van der Waals surface area contributed by atoms with Gasteiger partial charge in [-0.3, -0.25) is 0 Å². The summed E-state index contributed by atoms with van der Waals surface area (Å²) in [4.78, 5) is 21.0. The number of methoxy groups -OCH3 is 1. The summed E-state index contributed by atoms with van der Waals surface area (Å²) in [7, 11) is 1.58. The number of hydrogen-bond acceptors (Lipinski definition) is 7. The molecule has 42 heavy (non-hydrogen) atoms. The van der Waals surface area contributed by atoms with Gasteiger partial charge in [-0.1, -0.05) is 11.6 Å². The van der Waals surface area contributed by atoms with Gasteiger partial charge in [-0.2, -0.15) is 5.10 Å². The summed E-state index contributed by atoms with van der Waals surface area (Å²) in [6.07, 6.45) is 6.19. The van der Waals surface area contributed by atoms with Crippen LogP contribution in [0, 0.1) is 12.7 Å². The van der Waals surface area contributed by atoms with Gasteiger partial charge < -0.3 is 25.8 Å². The Morgan fingerprint density at radius 2 is 1.95 bits per heavy atom. The Balaban J connectivity index is 1.49. The van der Waals surface area contributed by atoms with E-state index >= 15 is 0 Å². The molecular formula is C30H33ClFN7O3. The minimum atomic E-state index is -0.574. The second-order valence-corrected chi connectivity index (χ2v) is 11.7. The van der Waals surface area contributed by atoms with Crippen LogP contribution in [0.25, 0.3) is 16.6 Å². The fourth-order valence-electron chi connectivity index (χ4n) is 4.79. The topological polar surface area (TPSA) is 128 Å². The molecular weight excluding hydrogens is 561 g/mol. The zero-order chi connectivity index (χ0) is 30.2. The van der Waals surface area contributed by atoms with Gasteiger partial charge >= 0.3 is 6.09 Å². The van der Waals surface area contributed by atoms with E-state index < -0.39 is 17.5 Å². The zero-order valence-electron chi connectivity index (χ0n) is 24.0. The van der Waals surface area contributed by atoms with E-state index in [1.54, 1.807) is 24.0 Å². The monoisotopic (exact) mass is 593 g/mol. The minimum absolute atomic E-state index is 0.0307. The second kappa shape index (κ2) is 11.5. The van der Waals surface area contributed by atoms with Gasteiger partial charge in [0.05, 0.1) is 40.8 Å². The molecule has 0 unspecified atom stereocenters. The Bertz CT molecular complexity index is 1680. The minimum Gasteiger partial charge on any atom is -0.481 e. The number of alkyl carbamates (subject to hydrolysis) is 1. The van der Waals surface area contributed by atoms with E-state index in [1.807, 2.05) is 46.0 Å². The number of benzene rings is 1. The van der Waals surface area contributed by atoms with E-state index in [0.717, 1.165) is 22.2 Å². The fraction of sp³-hybridized carbons (Fsp3) is 0.333. The van der Waals surface area contributed by atoms with Gasteiger partial charge in [0.1, 0.15) is 17.3 Å². The molecule has 10 nitrogen and oxygen atoms in total. The van der Waals surface area contributed by atoms with E-state index in [0.29, 0.717) is 30.0 Å². The number of nitrogens with zero attached hydrogens (tertiary/aromatic N) is 4. The van der Waals surface area contributed by atoms with E-state index in [2.05, 4.69) is 25.7 Å². The van der Waals surface area contributed by atoms with Crippen LogP contribution in [0.2, 0.25) is 5.02 Å². The number of rotatable bonds is 7. The molecule has 1 fully saturated rings. The lowest BCUT2D eigenvalue weighted by atomic mass is 9.86. The highest BCUT2D eigenvalue weighted by Gasteiger charge is 2.33. The summed E-state index contributed by atoms with van der Waals surface area (Å²) in [5.74, 6) is 0.172. The first kappa shape index (κ1) is 29.1. The molecule has 0 saturated heterocycles. The molecule has 4 N–H and O–H groups in total. The van der Waals surface area contributed by atoms with Crippen LogP contribution in [-0.2, 0) is 4.74 Å². The Morgan fingerprint density at radius 1 is 1.19 bits per heavy atom. The summed E-state index contributed by atoms with van der Waals surface area (Å²) >= 11 is 6.26. The number of nitrogens with two attached hydrogens (primary N) is 1. The fourth-order valence-corrected chi connectivity index (χ4v) is 4.95. The lowest BCUT2D eigenvalue weighted by Gasteiger charge is -2.37. The maximum Gasteiger partial charge on any atom is 0.407 e. The number of aliphatic imine (C=N–C) groups is 1. The molecule has 3 heterocycles. The summed E-state index contributed by atoms with van der Waals surface area (Å²) < 4.78 is 26.3. The van der Waals surface area contributed by atoms with Crippen molar-refractivity contribution in [3.05, 3.63) is 70.9 Å². The highest BCUT2D eigenvalue weighted by atomic mass is 35.5. The number of carbonyl (C=O) groups excluding carboxylic acids is 1. The van der Waals surface area contributed by atoms with Gasteiger partial charge in [0.15, 0.2) is 0 Å². The molecule has 1 amide bonds. The number of amides is 1. The van der Waals surface area contributed by atoms with Gasteiger partial charge in [-0.15, -0.1) is 0 Å². The predicted octanol–water partition coefficient (Wildman–Crippen LogP) is 6.01. The molecule has 0 atom stereocenters. The van der Waals surface area contributed by atoms with Crippen molar-refractivity contribution in [3.63, 3.8) is 0 Å². The van der Waals surface area contributed by atoms with Crippen molar-refractivity contribution in [1.29, 1.82) is 0 Å². The van der Waals surface area contributed by atoms with E-state index in [1.165, 1.54) is 18.2 Å². The first-order valence-electron chi connectivity index (χ1n) is 13.5. The third kappa shape index (κ3) is 6.41. The van der Waals surface area contributed by atoms with Gasteiger partial charge in [0, 0.05) is 47.7 Å². The van der Waals surface area contributed by atoms with Crippen molar-refractivity contribution in [3.8, 4) is 17.0 Å². The number of aromatic nitrogens is 3. The Hall–Kier alpha value is -4.38.